The third-order valence-corrected chi connectivity index (χ3v) is 5.33. The Bertz CT molecular complexity index is 1260. The number of pyridine rings is 1. The van der Waals surface area contributed by atoms with Crippen molar-refractivity contribution in [1.29, 1.82) is 0 Å². The summed E-state index contributed by atoms with van der Waals surface area (Å²) in [6, 6.07) is 8.31. The Morgan fingerprint density at radius 3 is 2.57 bits per heavy atom. The average Bonchev–Trinajstić information content (AvgIpc) is 3.37. The van der Waals surface area contributed by atoms with Crippen molar-refractivity contribution in [3.63, 3.8) is 0 Å². The number of alkyl halides is 3. The van der Waals surface area contributed by atoms with E-state index in [4.69, 9.17) is 0 Å². The maximum absolute atomic E-state index is 13.3. The number of benzene rings is 1. The van der Waals surface area contributed by atoms with Crippen LogP contribution in [0.3, 0.4) is 0 Å². The highest BCUT2D eigenvalue weighted by Crippen LogP contribution is 2.34. The van der Waals surface area contributed by atoms with Gasteiger partial charge in [0.25, 0.3) is 5.91 Å². The van der Waals surface area contributed by atoms with Crippen LogP contribution in [-0.2, 0) is 6.18 Å². The quantitative estimate of drug-likeness (QED) is 0.490. The Labute approximate surface area is 169 Å². The molecule has 0 saturated carbocycles. The second kappa shape index (κ2) is 6.45. The summed E-state index contributed by atoms with van der Waals surface area (Å²) in [4.78, 5) is 18.9. The number of anilines is 1. The van der Waals surface area contributed by atoms with E-state index in [0.717, 1.165) is 23.2 Å². The molecule has 4 heterocycles. The number of aromatic nitrogens is 4. The molecule has 1 aromatic carbocycles. The largest absolute Gasteiger partial charge is 0.416 e. The lowest BCUT2D eigenvalue weighted by atomic mass is 10.0. The minimum absolute atomic E-state index is 0.134. The molecule has 0 radical (unpaired) electrons. The van der Waals surface area contributed by atoms with Gasteiger partial charge in [-0.1, -0.05) is 6.07 Å². The molecule has 152 valence electrons. The molecule has 0 unspecified atom stereocenters. The van der Waals surface area contributed by atoms with E-state index in [1.165, 1.54) is 17.0 Å². The van der Waals surface area contributed by atoms with E-state index in [-0.39, 0.29) is 11.9 Å². The lowest BCUT2D eigenvalue weighted by Gasteiger charge is -2.32. The molecule has 1 aliphatic heterocycles. The van der Waals surface area contributed by atoms with Crippen LogP contribution in [0.4, 0.5) is 18.9 Å². The summed E-state index contributed by atoms with van der Waals surface area (Å²) in [5, 5.41) is 4.40. The van der Waals surface area contributed by atoms with Gasteiger partial charge in [0.15, 0.2) is 0 Å². The summed E-state index contributed by atoms with van der Waals surface area (Å²) in [5.41, 5.74) is 2.47. The van der Waals surface area contributed by atoms with Gasteiger partial charge in [0.2, 0.25) is 0 Å². The monoisotopic (exact) mass is 411 g/mol. The van der Waals surface area contributed by atoms with Crippen molar-refractivity contribution in [3.8, 4) is 11.1 Å². The summed E-state index contributed by atoms with van der Waals surface area (Å²) in [6.45, 7) is 2.24. The number of carbonyl (C=O) groups is 1. The molecule has 3 aromatic heterocycles. The molecule has 5 rings (SSSR count). The smallest absolute Gasteiger partial charge is 0.306 e. The number of imidazole rings is 1. The van der Waals surface area contributed by atoms with Crippen molar-refractivity contribution in [2.24, 2.45) is 0 Å². The third kappa shape index (κ3) is 2.85. The van der Waals surface area contributed by atoms with Gasteiger partial charge in [0.05, 0.1) is 35.8 Å². The molecule has 30 heavy (non-hydrogen) atoms. The second-order valence-electron chi connectivity index (χ2n) is 7.30. The Hall–Kier alpha value is -3.62. The third-order valence-electron chi connectivity index (χ3n) is 5.33. The Morgan fingerprint density at radius 2 is 1.83 bits per heavy atom. The number of nitrogens with zero attached hydrogens (tertiary/aromatic N) is 5. The van der Waals surface area contributed by atoms with Crippen molar-refractivity contribution in [2.75, 3.05) is 11.4 Å². The maximum atomic E-state index is 13.3. The lowest BCUT2D eigenvalue weighted by Crippen LogP contribution is -2.42. The van der Waals surface area contributed by atoms with Gasteiger partial charge in [-0.25, -0.2) is 4.98 Å². The molecule has 1 aliphatic rings. The summed E-state index contributed by atoms with van der Waals surface area (Å²) in [6.07, 6.45) is 2.51. The molecular weight excluding hydrogens is 395 g/mol. The molecule has 0 saturated heterocycles. The fourth-order valence-corrected chi connectivity index (χ4v) is 3.81. The number of hydrogen-bond donors (Lipinski definition) is 0. The van der Waals surface area contributed by atoms with Crippen LogP contribution in [0.1, 0.15) is 29.0 Å². The van der Waals surface area contributed by atoms with Gasteiger partial charge in [0.1, 0.15) is 5.69 Å². The second-order valence-corrected chi connectivity index (χ2v) is 7.30. The Balaban J connectivity index is 1.56. The Morgan fingerprint density at radius 1 is 1.07 bits per heavy atom. The van der Waals surface area contributed by atoms with Gasteiger partial charge >= 0.3 is 6.18 Å². The number of fused-ring (bicyclic) bond motifs is 2. The van der Waals surface area contributed by atoms with Crippen molar-refractivity contribution in [3.05, 3.63) is 72.6 Å². The highest BCUT2D eigenvalue weighted by atomic mass is 19.4. The van der Waals surface area contributed by atoms with Crippen molar-refractivity contribution in [2.45, 2.75) is 19.1 Å². The molecule has 1 atom stereocenters. The van der Waals surface area contributed by atoms with Gasteiger partial charge < -0.3 is 9.30 Å². The molecule has 4 aromatic rings. The van der Waals surface area contributed by atoms with Gasteiger partial charge in [-0.05, 0) is 37.3 Å². The molecule has 9 heteroatoms. The first-order chi connectivity index (χ1) is 14.3. The summed E-state index contributed by atoms with van der Waals surface area (Å²) < 4.78 is 42.2. The van der Waals surface area contributed by atoms with Crippen molar-refractivity contribution in [1.82, 2.24) is 19.2 Å². The van der Waals surface area contributed by atoms with Crippen LogP contribution >= 0.6 is 0 Å². The van der Waals surface area contributed by atoms with E-state index in [9.17, 15) is 18.0 Å². The minimum atomic E-state index is -4.42. The Kier molecular flexibility index (Phi) is 3.96. The number of halogens is 3. The average molecular weight is 411 g/mol. The molecule has 0 spiro atoms. The van der Waals surface area contributed by atoms with E-state index in [0.29, 0.717) is 23.5 Å². The molecule has 0 fully saturated rings. The van der Waals surface area contributed by atoms with Crippen LogP contribution in [0.25, 0.3) is 16.6 Å². The predicted octanol–water partition coefficient (Wildman–Crippen LogP) is 4.44. The van der Waals surface area contributed by atoms with Crippen LogP contribution < -0.4 is 4.90 Å². The zero-order valence-corrected chi connectivity index (χ0v) is 15.8. The lowest BCUT2D eigenvalue weighted by molar-refractivity contribution is -0.137. The first-order valence-corrected chi connectivity index (χ1v) is 9.31. The summed E-state index contributed by atoms with van der Waals surface area (Å²) in [5.74, 6) is -0.300. The first-order valence-electron chi connectivity index (χ1n) is 9.31. The fraction of sp³-hybridized carbons (Fsp3) is 0.190. The zero-order chi connectivity index (χ0) is 21.0. The molecule has 0 N–H and O–H groups in total. The topological polar surface area (TPSA) is 55.4 Å². The van der Waals surface area contributed by atoms with Crippen LogP contribution in [0.15, 0.2) is 61.3 Å². The molecule has 0 aliphatic carbocycles. The molecule has 1 amide bonds. The van der Waals surface area contributed by atoms with Crippen molar-refractivity contribution < 1.29 is 18.0 Å². The normalized spacial score (nSPS) is 16.9. The van der Waals surface area contributed by atoms with Crippen molar-refractivity contribution >= 4 is 17.1 Å². The van der Waals surface area contributed by atoms with E-state index < -0.39 is 11.7 Å². The number of rotatable bonds is 2. The van der Waals surface area contributed by atoms with Gasteiger partial charge in [-0.3, -0.25) is 9.48 Å². The minimum Gasteiger partial charge on any atom is -0.306 e. The van der Waals surface area contributed by atoms with Crippen LogP contribution in [0, 0.1) is 0 Å². The number of carbonyl (C=O) groups excluding carboxylic acids is 1. The van der Waals surface area contributed by atoms with E-state index >= 15 is 0 Å². The van der Waals surface area contributed by atoms with Gasteiger partial charge in [0, 0.05) is 29.6 Å². The molecule has 0 bridgehead atoms. The predicted molar refractivity (Wildman–Crippen MR) is 104 cm³/mol. The highest BCUT2D eigenvalue weighted by molar-refractivity contribution is 6.09. The maximum Gasteiger partial charge on any atom is 0.416 e. The van der Waals surface area contributed by atoms with Crippen LogP contribution in [0.5, 0.6) is 0 Å². The first kappa shape index (κ1) is 18.4. The standard InChI is InChI=1S/C21H16F3N5O/c1-13-10-28(16-6-3-15(4-7-16)21(22,23)24)20(30)19-18(9-26-29(13)19)14-2-5-17-8-25-12-27(17)11-14/h2-9,11-13H,10H2,1H3/t13-/m0/s1. The zero-order valence-electron chi connectivity index (χ0n) is 15.8. The van der Waals surface area contributed by atoms with Crippen LogP contribution in [0.2, 0.25) is 0 Å². The molecule has 6 nitrogen and oxygen atoms in total. The molecular formula is C21H16F3N5O. The SMILES string of the molecule is C[C@H]1CN(c2ccc(C(F)(F)F)cc2)C(=O)c2c(-c3ccc4cncn4c3)cnn21. The van der Waals surface area contributed by atoms with E-state index in [1.807, 2.05) is 29.7 Å². The number of hydrogen-bond acceptors (Lipinski definition) is 3. The fourth-order valence-electron chi connectivity index (χ4n) is 3.81. The summed E-state index contributed by atoms with van der Waals surface area (Å²) in [7, 11) is 0. The van der Waals surface area contributed by atoms with Crippen LogP contribution in [-0.4, -0.2) is 31.6 Å². The highest BCUT2D eigenvalue weighted by Gasteiger charge is 2.35. The number of amides is 1. The van der Waals surface area contributed by atoms with Gasteiger partial charge in [-0.15, -0.1) is 0 Å². The van der Waals surface area contributed by atoms with Gasteiger partial charge in [-0.2, -0.15) is 18.3 Å². The van der Waals surface area contributed by atoms with E-state index in [1.54, 1.807) is 23.4 Å². The van der Waals surface area contributed by atoms with E-state index in [2.05, 4.69) is 10.1 Å². The summed E-state index contributed by atoms with van der Waals surface area (Å²) >= 11 is 0.